The minimum absolute atomic E-state index is 0.0832. The van der Waals surface area contributed by atoms with Crippen LogP contribution in [-0.2, 0) is 9.47 Å². The zero-order valence-corrected chi connectivity index (χ0v) is 11.5. The van der Waals surface area contributed by atoms with Gasteiger partial charge in [-0.1, -0.05) is 20.8 Å². The molecule has 0 rings (SSSR count). The van der Waals surface area contributed by atoms with Crippen LogP contribution in [0.3, 0.4) is 0 Å². The van der Waals surface area contributed by atoms with Crippen molar-refractivity contribution in [2.24, 2.45) is 0 Å². The maximum atomic E-state index is 9.41. The van der Waals surface area contributed by atoms with Gasteiger partial charge in [0.05, 0.1) is 31.0 Å². The lowest BCUT2D eigenvalue weighted by molar-refractivity contribution is -0.0951. The molecule has 0 aliphatic heterocycles. The number of rotatable bonds is 9. The van der Waals surface area contributed by atoms with E-state index in [0.29, 0.717) is 13.2 Å². The van der Waals surface area contributed by atoms with Gasteiger partial charge in [0.2, 0.25) is 0 Å². The maximum absolute atomic E-state index is 9.41. The second kappa shape index (κ2) is 8.04. The van der Waals surface area contributed by atoms with Crippen molar-refractivity contribution in [1.29, 1.82) is 0 Å². The van der Waals surface area contributed by atoms with Crippen LogP contribution in [0.5, 0.6) is 0 Å². The normalized spacial score (nSPS) is 16.1. The van der Waals surface area contributed by atoms with E-state index in [1.165, 1.54) is 0 Å². The first kappa shape index (κ1) is 15.9. The van der Waals surface area contributed by atoms with Crippen LogP contribution in [-0.4, -0.2) is 36.1 Å². The SMILES string of the molecule is CCC(O)COC(CC)COC(C)(C)CC. The summed E-state index contributed by atoms with van der Waals surface area (Å²) >= 11 is 0. The van der Waals surface area contributed by atoms with Gasteiger partial charge in [0.25, 0.3) is 0 Å². The number of aliphatic hydroxyl groups is 1. The molecule has 98 valence electrons. The lowest BCUT2D eigenvalue weighted by atomic mass is 10.1. The van der Waals surface area contributed by atoms with Crippen LogP contribution in [0.4, 0.5) is 0 Å². The van der Waals surface area contributed by atoms with E-state index in [4.69, 9.17) is 9.47 Å². The molecule has 0 radical (unpaired) electrons. The minimum Gasteiger partial charge on any atom is -0.391 e. The Hall–Kier alpha value is -0.120. The van der Waals surface area contributed by atoms with Gasteiger partial charge < -0.3 is 14.6 Å². The second-order valence-corrected chi connectivity index (χ2v) is 4.85. The quantitative estimate of drug-likeness (QED) is 0.664. The highest BCUT2D eigenvalue weighted by atomic mass is 16.5. The van der Waals surface area contributed by atoms with E-state index >= 15 is 0 Å². The van der Waals surface area contributed by atoms with E-state index in [2.05, 4.69) is 27.7 Å². The fourth-order valence-electron chi connectivity index (χ4n) is 1.07. The minimum atomic E-state index is -0.353. The molecule has 0 aromatic carbocycles. The highest BCUT2D eigenvalue weighted by molar-refractivity contribution is 4.67. The van der Waals surface area contributed by atoms with Gasteiger partial charge in [-0.25, -0.2) is 0 Å². The molecule has 1 N–H and O–H groups in total. The molecule has 0 aliphatic rings. The van der Waals surface area contributed by atoms with Gasteiger partial charge in [-0.15, -0.1) is 0 Å². The standard InChI is InChI=1S/C13H28O3/c1-6-11(14)9-15-12(7-2)10-16-13(4,5)8-3/h11-12,14H,6-10H2,1-5H3. The molecule has 0 fully saturated rings. The molecule has 3 nitrogen and oxygen atoms in total. The van der Waals surface area contributed by atoms with E-state index in [9.17, 15) is 5.11 Å². The first-order valence-electron chi connectivity index (χ1n) is 6.38. The molecule has 0 bridgehead atoms. The Balaban J connectivity index is 3.83. The van der Waals surface area contributed by atoms with Gasteiger partial charge in [-0.2, -0.15) is 0 Å². The van der Waals surface area contributed by atoms with Gasteiger partial charge in [-0.05, 0) is 33.1 Å². The van der Waals surface area contributed by atoms with Crippen molar-refractivity contribution < 1.29 is 14.6 Å². The van der Waals surface area contributed by atoms with Gasteiger partial charge in [0.15, 0.2) is 0 Å². The fraction of sp³-hybridized carbons (Fsp3) is 1.00. The Bertz CT molecular complexity index is 169. The highest BCUT2D eigenvalue weighted by Gasteiger charge is 2.18. The van der Waals surface area contributed by atoms with E-state index in [0.717, 1.165) is 19.3 Å². The lowest BCUT2D eigenvalue weighted by Gasteiger charge is -2.27. The molecular weight excluding hydrogens is 204 g/mol. The number of hydrogen-bond acceptors (Lipinski definition) is 3. The van der Waals surface area contributed by atoms with Crippen LogP contribution in [0, 0.1) is 0 Å². The van der Waals surface area contributed by atoms with E-state index in [1.54, 1.807) is 0 Å². The topological polar surface area (TPSA) is 38.7 Å². The Labute approximate surface area is 100 Å². The van der Waals surface area contributed by atoms with Crippen LogP contribution in [0.2, 0.25) is 0 Å². The van der Waals surface area contributed by atoms with Crippen LogP contribution in [0.25, 0.3) is 0 Å². The summed E-state index contributed by atoms with van der Waals surface area (Å²) in [5, 5.41) is 9.41. The average Bonchev–Trinajstić information content (AvgIpc) is 2.28. The molecule has 0 spiro atoms. The fourth-order valence-corrected chi connectivity index (χ4v) is 1.07. The van der Waals surface area contributed by atoms with Crippen LogP contribution < -0.4 is 0 Å². The number of ether oxygens (including phenoxy) is 2. The zero-order valence-electron chi connectivity index (χ0n) is 11.5. The molecular formula is C13H28O3. The first-order chi connectivity index (χ1) is 7.45. The first-order valence-corrected chi connectivity index (χ1v) is 6.38. The van der Waals surface area contributed by atoms with Crippen molar-refractivity contribution in [1.82, 2.24) is 0 Å². The monoisotopic (exact) mass is 232 g/mol. The van der Waals surface area contributed by atoms with Gasteiger partial charge >= 0.3 is 0 Å². The van der Waals surface area contributed by atoms with E-state index < -0.39 is 0 Å². The number of aliphatic hydroxyl groups excluding tert-OH is 1. The van der Waals surface area contributed by atoms with Crippen LogP contribution in [0.1, 0.15) is 53.9 Å². The molecule has 0 aromatic rings. The molecule has 0 saturated carbocycles. The molecule has 0 aliphatic carbocycles. The highest BCUT2D eigenvalue weighted by Crippen LogP contribution is 2.15. The Morgan fingerprint density at radius 3 is 2.12 bits per heavy atom. The maximum Gasteiger partial charge on any atom is 0.0807 e. The van der Waals surface area contributed by atoms with Crippen LogP contribution in [0.15, 0.2) is 0 Å². The van der Waals surface area contributed by atoms with E-state index in [-0.39, 0.29) is 17.8 Å². The predicted molar refractivity (Wildman–Crippen MR) is 66.7 cm³/mol. The van der Waals surface area contributed by atoms with Crippen LogP contribution >= 0.6 is 0 Å². The molecule has 3 heteroatoms. The molecule has 0 saturated heterocycles. The third-order valence-electron chi connectivity index (χ3n) is 2.96. The largest absolute Gasteiger partial charge is 0.391 e. The van der Waals surface area contributed by atoms with Crippen molar-refractivity contribution in [3.8, 4) is 0 Å². The summed E-state index contributed by atoms with van der Waals surface area (Å²) < 4.78 is 11.4. The summed E-state index contributed by atoms with van der Waals surface area (Å²) in [7, 11) is 0. The summed E-state index contributed by atoms with van der Waals surface area (Å²) in [6.07, 6.45) is 2.37. The van der Waals surface area contributed by atoms with Crippen molar-refractivity contribution in [2.75, 3.05) is 13.2 Å². The third kappa shape index (κ3) is 7.20. The van der Waals surface area contributed by atoms with Gasteiger partial charge in [-0.3, -0.25) is 0 Å². The van der Waals surface area contributed by atoms with Gasteiger partial charge in [0, 0.05) is 0 Å². The Morgan fingerprint density at radius 2 is 1.69 bits per heavy atom. The molecule has 16 heavy (non-hydrogen) atoms. The van der Waals surface area contributed by atoms with Crippen molar-refractivity contribution in [3.63, 3.8) is 0 Å². The summed E-state index contributed by atoms with van der Waals surface area (Å²) in [4.78, 5) is 0. The van der Waals surface area contributed by atoms with E-state index in [1.807, 2.05) is 6.92 Å². The average molecular weight is 232 g/mol. The second-order valence-electron chi connectivity index (χ2n) is 4.85. The molecule has 2 atom stereocenters. The number of hydrogen-bond donors (Lipinski definition) is 1. The summed E-state index contributed by atoms with van der Waals surface area (Å²) in [6, 6.07) is 0. The Morgan fingerprint density at radius 1 is 1.06 bits per heavy atom. The Kier molecular flexibility index (Phi) is 7.98. The van der Waals surface area contributed by atoms with Crippen molar-refractivity contribution >= 4 is 0 Å². The molecule has 0 aromatic heterocycles. The summed E-state index contributed by atoms with van der Waals surface area (Å²) in [5.74, 6) is 0. The lowest BCUT2D eigenvalue weighted by Crippen LogP contribution is -2.31. The summed E-state index contributed by atoms with van der Waals surface area (Å²) in [5.41, 5.74) is -0.0832. The van der Waals surface area contributed by atoms with Crippen molar-refractivity contribution in [2.45, 2.75) is 71.7 Å². The summed E-state index contributed by atoms with van der Waals surface area (Å²) in [6.45, 7) is 11.3. The van der Waals surface area contributed by atoms with Crippen molar-refractivity contribution in [3.05, 3.63) is 0 Å². The molecule has 2 unspecified atom stereocenters. The smallest absolute Gasteiger partial charge is 0.0807 e. The third-order valence-corrected chi connectivity index (χ3v) is 2.96. The predicted octanol–water partition coefficient (Wildman–Crippen LogP) is 2.76. The molecule has 0 heterocycles. The van der Waals surface area contributed by atoms with Gasteiger partial charge in [0.1, 0.15) is 0 Å². The molecule has 0 amide bonds. The zero-order chi connectivity index (χ0) is 12.6.